The minimum atomic E-state index is -4.59. The van der Waals surface area contributed by atoms with Crippen molar-refractivity contribution in [1.29, 1.82) is 0 Å². The van der Waals surface area contributed by atoms with Gasteiger partial charge in [0.05, 0.1) is 29.0 Å². The Morgan fingerprint density at radius 3 is 2.62 bits per heavy atom. The number of anilines is 1. The molecule has 0 aliphatic heterocycles. The lowest BCUT2D eigenvalue weighted by Crippen LogP contribution is -2.09. The molecule has 0 radical (unpaired) electrons. The first-order valence-corrected chi connectivity index (χ1v) is 12.4. The van der Waals surface area contributed by atoms with Gasteiger partial charge in [0.2, 0.25) is 0 Å². The van der Waals surface area contributed by atoms with E-state index in [9.17, 15) is 13.2 Å². The fourth-order valence-electron chi connectivity index (χ4n) is 4.55. The number of aromatic amines is 1. The summed E-state index contributed by atoms with van der Waals surface area (Å²) < 4.78 is 55.3. The summed E-state index contributed by atoms with van der Waals surface area (Å²) in [5, 5.41) is 6.75. The molecule has 9 nitrogen and oxygen atoms in total. The third-order valence-corrected chi connectivity index (χ3v) is 6.67. The summed E-state index contributed by atoms with van der Waals surface area (Å²) >= 11 is 0. The number of nitrogens with zero attached hydrogens (tertiary/aromatic N) is 7. The van der Waals surface area contributed by atoms with E-state index in [0.29, 0.717) is 40.7 Å². The van der Waals surface area contributed by atoms with Crippen molar-refractivity contribution in [1.82, 2.24) is 39.7 Å². The van der Waals surface area contributed by atoms with Crippen molar-refractivity contribution in [3.63, 3.8) is 0 Å². The predicted molar refractivity (Wildman–Crippen MR) is 135 cm³/mol. The molecule has 2 N–H and O–H groups in total. The van der Waals surface area contributed by atoms with E-state index in [1.54, 1.807) is 6.33 Å². The lowest BCUT2D eigenvalue weighted by Gasteiger charge is -2.13. The van der Waals surface area contributed by atoms with E-state index in [2.05, 4.69) is 35.3 Å². The Bertz CT molecular complexity index is 1690. The second kappa shape index (κ2) is 9.40. The normalized spacial score (nSPS) is 13.8. The van der Waals surface area contributed by atoms with Gasteiger partial charge in [-0.15, -0.1) is 0 Å². The number of H-pyrrole nitrogens is 1. The maximum atomic E-state index is 15.1. The maximum Gasteiger partial charge on any atom is 0.435 e. The van der Waals surface area contributed by atoms with Gasteiger partial charge in [0, 0.05) is 23.7 Å². The van der Waals surface area contributed by atoms with Gasteiger partial charge in [-0.2, -0.15) is 18.3 Å². The molecule has 0 bridgehead atoms. The minimum Gasteiger partial charge on any atom is -0.364 e. The molecule has 0 amide bonds. The van der Waals surface area contributed by atoms with Crippen molar-refractivity contribution in [3.05, 3.63) is 71.1 Å². The van der Waals surface area contributed by atoms with Crippen LogP contribution in [0, 0.1) is 12.7 Å². The van der Waals surface area contributed by atoms with E-state index in [4.69, 9.17) is 4.98 Å². The molecule has 6 rings (SSSR count). The number of rotatable bonds is 7. The fraction of sp³-hybridized carbons (Fsp3) is 0.308. The predicted octanol–water partition coefficient (Wildman–Crippen LogP) is 5.51. The molecule has 0 saturated heterocycles. The molecule has 0 atom stereocenters. The highest BCUT2D eigenvalue weighted by molar-refractivity contribution is 5.85. The molecule has 0 unspecified atom stereocenters. The zero-order valence-electron chi connectivity index (χ0n) is 21.0. The van der Waals surface area contributed by atoms with Crippen LogP contribution in [-0.2, 0) is 19.1 Å². The number of hydrogen-bond donors (Lipinski definition) is 2. The van der Waals surface area contributed by atoms with Crippen LogP contribution in [0.4, 0.5) is 23.4 Å². The zero-order valence-corrected chi connectivity index (χ0v) is 21.0. The highest BCUT2D eigenvalue weighted by Gasteiger charge is 2.34. The molecule has 1 saturated carbocycles. The molecule has 1 aliphatic carbocycles. The van der Waals surface area contributed by atoms with E-state index in [1.807, 2.05) is 6.92 Å². The van der Waals surface area contributed by atoms with Gasteiger partial charge >= 0.3 is 6.18 Å². The SMILES string of the molecule is CCc1ncnc(C2CC2)c1-c1nc(NCc2ccc(-n3nc(C(F)(F)F)cc3C)cc2F)c2[nH]cnc2n1. The summed E-state index contributed by atoms with van der Waals surface area (Å²) in [7, 11) is 0. The Morgan fingerprint density at radius 2 is 1.92 bits per heavy atom. The summed E-state index contributed by atoms with van der Waals surface area (Å²) in [4.78, 5) is 25.7. The Hall–Kier alpha value is -4.42. The molecule has 1 fully saturated rings. The Kier molecular flexibility index (Phi) is 6.00. The summed E-state index contributed by atoms with van der Waals surface area (Å²) in [5.74, 6) is 0.629. The van der Waals surface area contributed by atoms with Crippen LogP contribution in [0.15, 0.2) is 36.9 Å². The van der Waals surface area contributed by atoms with E-state index in [1.165, 1.54) is 25.4 Å². The lowest BCUT2D eigenvalue weighted by molar-refractivity contribution is -0.141. The number of aryl methyl sites for hydroxylation is 2. The van der Waals surface area contributed by atoms with Crippen LogP contribution < -0.4 is 5.32 Å². The average molecular weight is 538 g/mol. The van der Waals surface area contributed by atoms with Crippen LogP contribution >= 0.6 is 0 Å². The van der Waals surface area contributed by atoms with Crippen molar-refractivity contribution in [2.45, 2.75) is 51.7 Å². The molecular weight excluding hydrogens is 514 g/mol. The third-order valence-electron chi connectivity index (χ3n) is 6.67. The average Bonchev–Trinajstić information content (AvgIpc) is 3.51. The van der Waals surface area contributed by atoms with Crippen LogP contribution in [0.5, 0.6) is 0 Å². The van der Waals surface area contributed by atoms with Crippen LogP contribution in [-0.4, -0.2) is 39.7 Å². The molecule has 5 aromatic rings. The summed E-state index contributed by atoms with van der Waals surface area (Å²) in [6.45, 7) is 3.55. The smallest absolute Gasteiger partial charge is 0.364 e. The topological polar surface area (TPSA) is 110 Å². The van der Waals surface area contributed by atoms with Gasteiger partial charge in [0.15, 0.2) is 23.0 Å². The van der Waals surface area contributed by atoms with Crippen LogP contribution in [0.1, 0.15) is 54.0 Å². The first kappa shape index (κ1) is 24.9. The van der Waals surface area contributed by atoms with Crippen molar-refractivity contribution in [2.75, 3.05) is 5.32 Å². The largest absolute Gasteiger partial charge is 0.435 e. The monoisotopic (exact) mass is 537 g/mol. The van der Waals surface area contributed by atoms with Crippen molar-refractivity contribution >= 4 is 17.0 Å². The molecular formula is C26H23F4N9. The number of aromatic nitrogens is 8. The summed E-state index contributed by atoms with van der Waals surface area (Å²) in [5.41, 5.74) is 3.27. The van der Waals surface area contributed by atoms with Crippen molar-refractivity contribution < 1.29 is 17.6 Å². The van der Waals surface area contributed by atoms with E-state index in [0.717, 1.165) is 46.6 Å². The number of imidazole rings is 1. The van der Waals surface area contributed by atoms with Crippen LogP contribution in [0.3, 0.4) is 0 Å². The van der Waals surface area contributed by atoms with Gasteiger partial charge in [-0.3, -0.25) is 0 Å². The number of fused-ring (bicyclic) bond motifs is 1. The highest BCUT2D eigenvalue weighted by Crippen LogP contribution is 2.43. The minimum absolute atomic E-state index is 0.0595. The first-order valence-electron chi connectivity index (χ1n) is 12.4. The number of benzene rings is 1. The van der Waals surface area contributed by atoms with Crippen LogP contribution in [0.2, 0.25) is 0 Å². The lowest BCUT2D eigenvalue weighted by atomic mass is 10.1. The fourth-order valence-corrected chi connectivity index (χ4v) is 4.55. The molecule has 200 valence electrons. The molecule has 39 heavy (non-hydrogen) atoms. The second-order valence-corrected chi connectivity index (χ2v) is 9.42. The number of nitrogens with one attached hydrogen (secondary N) is 2. The van der Waals surface area contributed by atoms with E-state index in [-0.39, 0.29) is 17.9 Å². The van der Waals surface area contributed by atoms with Gasteiger partial charge in [0.1, 0.15) is 17.7 Å². The molecule has 13 heteroatoms. The van der Waals surface area contributed by atoms with E-state index < -0.39 is 17.7 Å². The Labute approximate surface area is 219 Å². The van der Waals surface area contributed by atoms with Crippen molar-refractivity contribution in [3.8, 4) is 17.1 Å². The maximum absolute atomic E-state index is 15.1. The van der Waals surface area contributed by atoms with Gasteiger partial charge in [-0.25, -0.2) is 34.0 Å². The van der Waals surface area contributed by atoms with Gasteiger partial charge in [0.25, 0.3) is 0 Å². The Balaban J connectivity index is 1.31. The summed E-state index contributed by atoms with van der Waals surface area (Å²) in [6, 6.07) is 5.11. The molecule has 1 aliphatic rings. The standard InChI is InChI=1S/C26H23F4N9/c1-3-18-20(21(14-4-5-14)33-11-32-18)23-36-24(22-25(37-23)35-12-34-22)31-10-15-6-7-16(9-17(15)27)39-13(2)8-19(38-39)26(28,29)30/h6-9,11-12,14H,3-5,10H2,1-2H3,(H2,31,34,35,36,37). The van der Waals surface area contributed by atoms with E-state index >= 15 is 4.39 Å². The van der Waals surface area contributed by atoms with Gasteiger partial charge in [-0.05, 0) is 44.4 Å². The van der Waals surface area contributed by atoms with Crippen LogP contribution in [0.25, 0.3) is 28.2 Å². The second-order valence-electron chi connectivity index (χ2n) is 9.42. The number of halogens is 4. The quantitative estimate of drug-likeness (QED) is 0.263. The Morgan fingerprint density at radius 1 is 1.10 bits per heavy atom. The molecule has 4 heterocycles. The third kappa shape index (κ3) is 4.68. The highest BCUT2D eigenvalue weighted by atomic mass is 19.4. The number of alkyl halides is 3. The molecule has 0 spiro atoms. The van der Waals surface area contributed by atoms with Gasteiger partial charge < -0.3 is 10.3 Å². The molecule has 4 aromatic heterocycles. The van der Waals surface area contributed by atoms with Crippen molar-refractivity contribution in [2.24, 2.45) is 0 Å². The summed E-state index contributed by atoms with van der Waals surface area (Å²) in [6.07, 6.45) is 1.27. The molecule has 1 aromatic carbocycles. The first-order chi connectivity index (χ1) is 18.7. The zero-order chi connectivity index (χ0) is 27.3. The van der Waals surface area contributed by atoms with Gasteiger partial charge in [-0.1, -0.05) is 13.0 Å². The number of hydrogen-bond acceptors (Lipinski definition) is 7.